The highest BCUT2D eigenvalue weighted by molar-refractivity contribution is 7.99. The van der Waals surface area contributed by atoms with Gasteiger partial charge in [-0.25, -0.2) is 9.50 Å². The Kier molecular flexibility index (Phi) is 4.84. The molecule has 0 N–H and O–H groups in total. The zero-order valence-electron chi connectivity index (χ0n) is 13.9. The largest absolute Gasteiger partial charge is 0.343 e. The van der Waals surface area contributed by atoms with Crippen molar-refractivity contribution in [2.24, 2.45) is 0 Å². The molecule has 2 aromatic rings. The van der Waals surface area contributed by atoms with Gasteiger partial charge < -0.3 is 4.90 Å². The standard InChI is InChI=1S/C16H23N5OS/c1-11-14(12(2)21-16(19-11)17-10-18-21)4-5-15(22)20(3)13-6-8-23-9-7-13/h10,13H,4-9H2,1-3H3. The van der Waals surface area contributed by atoms with Crippen LogP contribution in [0.1, 0.15) is 36.2 Å². The van der Waals surface area contributed by atoms with Gasteiger partial charge in [-0.3, -0.25) is 4.79 Å². The number of thioether (sulfide) groups is 1. The fourth-order valence-corrected chi connectivity index (χ4v) is 4.28. The number of rotatable bonds is 4. The molecule has 0 unspecified atom stereocenters. The normalized spacial score (nSPS) is 16.0. The van der Waals surface area contributed by atoms with E-state index >= 15 is 0 Å². The molecular weight excluding hydrogens is 310 g/mol. The first kappa shape index (κ1) is 16.2. The van der Waals surface area contributed by atoms with Crippen LogP contribution in [0.15, 0.2) is 6.33 Å². The van der Waals surface area contributed by atoms with E-state index in [1.54, 1.807) is 4.52 Å². The van der Waals surface area contributed by atoms with Crippen molar-refractivity contribution in [2.45, 2.75) is 45.6 Å². The van der Waals surface area contributed by atoms with Crippen LogP contribution in [0.25, 0.3) is 5.78 Å². The quantitative estimate of drug-likeness (QED) is 0.856. The second-order valence-electron chi connectivity index (χ2n) is 6.08. The first-order chi connectivity index (χ1) is 11.1. The number of carbonyl (C=O) groups is 1. The lowest BCUT2D eigenvalue weighted by Gasteiger charge is -2.31. The third-order valence-electron chi connectivity index (χ3n) is 4.71. The highest BCUT2D eigenvalue weighted by Gasteiger charge is 2.22. The highest BCUT2D eigenvalue weighted by Crippen LogP contribution is 2.22. The predicted molar refractivity (Wildman–Crippen MR) is 91.7 cm³/mol. The Bertz CT molecular complexity index is 708. The maximum atomic E-state index is 12.5. The summed E-state index contributed by atoms with van der Waals surface area (Å²) < 4.78 is 1.74. The summed E-state index contributed by atoms with van der Waals surface area (Å²) in [5.41, 5.74) is 3.06. The van der Waals surface area contributed by atoms with Crippen molar-refractivity contribution >= 4 is 23.4 Å². The van der Waals surface area contributed by atoms with Gasteiger partial charge in [0.2, 0.25) is 5.91 Å². The first-order valence-corrected chi connectivity index (χ1v) is 9.22. The Morgan fingerprint density at radius 1 is 1.39 bits per heavy atom. The molecule has 6 nitrogen and oxygen atoms in total. The maximum absolute atomic E-state index is 12.5. The van der Waals surface area contributed by atoms with Crippen molar-refractivity contribution in [1.82, 2.24) is 24.5 Å². The minimum absolute atomic E-state index is 0.222. The van der Waals surface area contributed by atoms with Crippen LogP contribution >= 0.6 is 11.8 Å². The molecule has 0 atom stereocenters. The summed E-state index contributed by atoms with van der Waals surface area (Å²) in [6, 6.07) is 0.405. The minimum Gasteiger partial charge on any atom is -0.343 e. The molecule has 0 spiro atoms. The van der Waals surface area contributed by atoms with Crippen LogP contribution in [-0.4, -0.2) is 55.0 Å². The van der Waals surface area contributed by atoms with Gasteiger partial charge in [-0.1, -0.05) is 0 Å². The molecule has 0 radical (unpaired) electrons. The lowest BCUT2D eigenvalue weighted by molar-refractivity contribution is -0.132. The van der Waals surface area contributed by atoms with E-state index in [1.165, 1.54) is 6.33 Å². The molecule has 0 bridgehead atoms. The van der Waals surface area contributed by atoms with Crippen LogP contribution in [0.3, 0.4) is 0 Å². The van der Waals surface area contributed by atoms with E-state index in [0.717, 1.165) is 41.3 Å². The van der Waals surface area contributed by atoms with Gasteiger partial charge in [-0.05, 0) is 50.2 Å². The Morgan fingerprint density at radius 2 is 2.13 bits per heavy atom. The molecule has 3 heterocycles. The number of hydrogen-bond donors (Lipinski definition) is 0. The number of aromatic nitrogens is 4. The predicted octanol–water partition coefficient (Wildman–Crippen LogP) is 2.03. The van der Waals surface area contributed by atoms with E-state index in [-0.39, 0.29) is 5.91 Å². The molecule has 7 heteroatoms. The summed E-state index contributed by atoms with van der Waals surface area (Å²) in [7, 11) is 1.95. The van der Waals surface area contributed by atoms with Crippen molar-refractivity contribution in [3.8, 4) is 0 Å². The molecule has 124 valence electrons. The SMILES string of the molecule is Cc1nc2ncnn2c(C)c1CCC(=O)N(C)C1CCSCC1. The van der Waals surface area contributed by atoms with E-state index < -0.39 is 0 Å². The number of carbonyl (C=O) groups excluding carboxylic acids is 1. The molecule has 1 amide bonds. The van der Waals surface area contributed by atoms with Crippen LogP contribution < -0.4 is 0 Å². The maximum Gasteiger partial charge on any atom is 0.252 e. The fourth-order valence-electron chi connectivity index (χ4n) is 3.20. The van der Waals surface area contributed by atoms with Crippen LogP contribution in [0, 0.1) is 13.8 Å². The molecule has 0 aliphatic carbocycles. The number of hydrogen-bond acceptors (Lipinski definition) is 5. The van der Waals surface area contributed by atoms with E-state index in [9.17, 15) is 4.79 Å². The second kappa shape index (κ2) is 6.86. The van der Waals surface area contributed by atoms with Crippen molar-refractivity contribution in [1.29, 1.82) is 0 Å². The van der Waals surface area contributed by atoms with Crippen molar-refractivity contribution in [2.75, 3.05) is 18.6 Å². The van der Waals surface area contributed by atoms with Crippen molar-refractivity contribution in [3.63, 3.8) is 0 Å². The summed E-state index contributed by atoms with van der Waals surface area (Å²) in [6.45, 7) is 3.99. The summed E-state index contributed by atoms with van der Waals surface area (Å²) in [5, 5.41) is 4.20. The van der Waals surface area contributed by atoms with Gasteiger partial charge >= 0.3 is 0 Å². The number of nitrogens with zero attached hydrogens (tertiary/aromatic N) is 5. The summed E-state index contributed by atoms with van der Waals surface area (Å²) in [6.07, 6.45) is 4.95. The first-order valence-electron chi connectivity index (χ1n) is 8.07. The Balaban J connectivity index is 1.69. The Morgan fingerprint density at radius 3 is 2.87 bits per heavy atom. The Hall–Kier alpha value is -1.63. The molecule has 23 heavy (non-hydrogen) atoms. The zero-order chi connectivity index (χ0) is 16.4. The van der Waals surface area contributed by atoms with Crippen LogP contribution in [0.5, 0.6) is 0 Å². The molecule has 1 aliphatic rings. The van der Waals surface area contributed by atoms with E-state index in [0.29, 0.717) is 24.7 Å². The molecular formula is C16H23N5OS. The van der Waals surface area contributed by atoms with E-state index in [1.807, 2.05) is 37.6 Å². The van der Waals surface area contributed by atoms with Gasteiger partial charge in [0.15, 0.2) is 0 Å². The number of aryl methyl sites for hydroxylation is 2. The van der Waals surface area contributed by atoms with Gasteiger partial charge in [0.25, 0.3) is 5.78 Å². The van der Waals surface area contributed by atoms with Gasteiger partial charge in [0, 0.05) is 30.9 Å². The smallest absolute Gasteiger partial charge is 0.252 e. The lowest BCUT2D eigenvalue weighted by atomic mass is 10.0. The molecule has 3 rings (SSSR count). The van der Waals surface area contributed by atoms with Gasteiger partial charge in [-0.2, -0.15) is 21.8 Å². The van der Waals surface area contributed by atoms with E-state index in [2.05, 4.69) is 15.1 Å². The monoisotopic (exact) mass is 333 g/mol. The summed E-state index contributed by atoms with van der Waals surface area (Å²) in [5.74, 6) is 3.16. The molecule has 2 aromatic heterocycles. The average molecular weight is 333 g/mol. The molecule has 1 aliphatic heterocycles. The molecule has 0 saturated carbocycles. The lowest BCUT2D eigenvalue weighted by Crippen LogP contribution is -2.39. The summed E-state index contributed by atoms with van der Waals surface area (Å²) in [4.78, 5) is 23.1. The molecule has 1 fully saturated rings. The van der Waals surface area contributed by atoms with E-state index in [4.69, 9.17) is 0 Å². The minimum atomic E-state index is 0.222. The zero-order valence-corrected chi connectivity index (χ0v) is 14.8. The average Bonchev–Trinajstić information content (AvgIpc) is 3.03. The third kappa shape index (κ3) is 3.34. The highest BCUT2D eigenvalue weighted by atomic mass is 32.2. The summed E-state index contributed by atoms with van der Waals surface area (Å²) >= 11 is 1.98. The van der Waals surface area contributed by atoms with Crippen molar-refractivity contribution < 1.29 is 4.79 Å². The second-order valence-corrected chi connectivity index (χ2v) is 7.31. The van der Waals surface area contributed by atoms with Crippen LogP contribution in [0.2, 0.25) is 0 Å². The van der Waals surface area contributed by atoms with Crippen LogP contribution in [0.4, 0.5) is 0 Å². The Labute approximate surface area is 140 Å². The fraction of sp³-hybridized carbons (Fsp3) is 0.625. The van der Waals surface area contributed by atoms with Crippen molar-refractivity contribution in [3.05, 3.63) is 23.3 Å². The number of amides is 1. The van der Waals surface area contributed by atoms with Gasteiger partial charge in [-0.15, -0.1) is 0 Å². The third-order valence-corrected chi connectivity index (χ3v) is 5.76. The number of fused-ring (bicyclic) bond motifs is 1. The molecule has 1 saturated heterocycles. The van der Waals surface area contributed by atoms with Gasteiger partial charge in [0.1, 0.15) is 6.33 Å². The van der Waals surface area contributed by atoms with Gasteiger partial charge in [0.05, 0.1) is 0 Å². The van der Waals surface area contributed by atoms with Crippen LogP contribution in [-0.2, 0) is 11.2 Å². The molecule has 0 aromatic carbocycles. The topological polar surface area (TPSA) is 63.4 Å².